The molecule has 1 aromatic carbocycles. The van der Waals surface area contributed by atoms with E-state index in [4.69, 9.17) is 11.7 Å². The van der Waals surface area contributed by atoms with E-state index in [-0.39, 0.29) is 5.56 Å². The predicted molar refractivity (Wildman–Crippen MR) is 67.3 cm³/mol. The molecule has 100 valence electrons. The molecule has 1 rings (SSSR count). The Labute approximate surface area is 110 Å². The standard InChI is InChI=1S/C14H13F3N2/c1-2-3-4-5-8-19-12-7-6-11(10-18)13(9-12)14(15,16)17/h1,6-7,9,19H,3-5,8H2. The maximum Gasteiger partial charge on any atom is 0.417 e. The smallest absolute Gasteiger partial charge is 0.385 e. The van der Waals surface area contributed by atoms with Gasteiger partial charge in [0.05, 0.1) is 17.2 Å². The first kappa shape index (κ1) is 14.9. The van der Waals surface area contributed by atoms with Crippen LogP contribution in [0, 0.1) is 23.7 Å². The van der Waals surface area contributed by atoms with Crippen molar-refractivity contribution in [2.24, 2.45) is 0 Å². The lowest BCUT2D eigenvalue weighted by Crippen LogP contribution is -2.09. The molecule has 1 aromatic rings. The molecule has 0 amide bonds. The molecule has 0 aromatic heterocycles. The van der Waals surface area contributed by atoms with Gasteiger partial charge in [-0.2, -0.15) is 18.4 Å². The minimum atomic E-state index is -4.52. The van der Waals surface area contributed by atoms with Gasteiger partial charge in [0.2, 0.25) is 0 Å². The number of hydrogen-bond donors (Lipinski definition) is 1. The van der Waals surface area contributed by atoms with Gasteiger partial charge in [0.15, 0.2) is 0 Å². The molecule has 0 aliphatic rings. The Hall–Kier alpha value is -2.14. The lowest BCUT2D eigenvalue weighted by Gasteiger charge is -2.12. The monoisotopic (exact) mass is 266 g/mol. The normalized spacial score (nSPS) is 10.6. The van der Waals surface area contributed by atoms with Gasteiger partial charge < -0.3 is 5.32 Å². The molecule has 1 N–H and O–H groups in total. The number of nitrogens with zero attached hydrogens (tertiary/aromatic N) is 1. The van der Waals surface area contributed by atoms with Gasteiger partial charge in [0, 0.05) is 18.7 Å². The van der Waals surface area contributed by atoms with Crippen LogP contribution in [0.25, 0.3) is 0 Å². The van der Waals surface area contributed by atoms with E-state index in [1.54, 1.807) is 6.07 Å². The number of nitriles is 1. The van der Waals surface area contributed by atoms with E-state index in [1.807, 2.05) is 0 Å². The van der Waals surface area contributed by atoms with E-state index in [1.165, 1.54) is 12.1 Å². The third-order valence-corrected chi connectivity index (χ3v) is 2.52. The molecular formula is C14H13F3N2. The molecule has 0 atom stereocenters. The summed E-state index contributed by atoms with van der Waals surface area (Å²) in [7, 11) is 0. The molecule has 0 saturated heterocycles. The molecule has 0 aliphatic heterocycles. The van der Waals surface area contributed by atoms with Crippen LogP contribution in [-0.2, 0) is 6.18 Å². The van der Waals surface area contributed by atoms with Crippen LogP contribution in [-0.4, -0.2) is 6.54 Å². The predicted octanol–water partition coefficient (Wildman–Crippen LogP) is 3.79. The molecule has 0 spiro atoms. The van der Waals surface area contributed by atoms with Crippen molar-refractivity contribution >= 4 is 5.69 Å². The van der Waals surface area contributed by atoms with Gasteiger partial charge in [-0.1, -0.05) is 0 Å². The molecule has 0 aliphatic carbocycles. The summed E-state index contributed by atoms with van der Waals surface area (Å²) < 4.78 is 38.1. The maximum atomic E-state index is 12.7. The first-order valence-electron chi connectivity index (χ1n) is 5.77. The fourth-order valence-corrected chi connectivity index (χ4v) is 1.57. The summed E-state index contributed by atoms with van der Waals surface area (Å²) >= 11 is 0. The molecule has 0 radical (unpaired) electrons. The van der Waals surface area contributed by atoms with Gasteiger partial charge in [-0.15, -0.1) is 12.3 Å². The third-order valence-electron chi connectivity index (χ3n) is 2.52. The second-order valence-electron chi connectivity index (χ2n) is 3.96. The lowest BCUT2D eigenvalue weighted by atomic mass is 10.1. The third kappa shape index (κ3) is 4.56. The van der Waals surface area contributed by atoms with Gasteiger partial charge in [0.25, 0.3) is 0 Å². The summed E-state index contributed by atoms with van der Waals surface area (Å²) in [5, 5.41) is 11.5. The molecule has 0 bridgehead atoms. The van der Waals surface area contributed by atoms with E-state index in [0.717, 1.165) is 18.9 Å². The van der Waals surface area contributed by atoms with Crippen molar-refractivity contribution in [2.45, 2.75) is 25.4 Å². The zero-order chi connectivity index (χ0) is 14.3. The molecule has 0 saturated carbocycles. The molecule has 0 fully saturated rings. The van der Waals surface area contributed by atoms with E-state index >= 15 is 0 Å². The van der Waals surface area contributed by atoms with Crippen LogP contribution < -0.4 is 5.32 Å². The Balaban J connectivity index is 2.72. The Bertz CT molecular complexity index is 507. The number of unbranched alkanes of at least 4 members (excludes halogenated alkanes) is 2. The number of nitrogens with one attached hydrogen (secondary N) is 1. The molecule has 5 heteroatoms. The summed E-state index contributed by atoms with van der Waals surface area (Å²) in [5.74, 6) is 2.50. The number of benzene rings is 1. The second-order valence-corrected chi connectivity index (χ2v) is 3.96. The zero-order valence-corrected chi connectivity index (χ0v) is 10.2. The molecule has 0 heterocycles. The minimum absolute atomic E-state index is 0.354. The van der Waals surface area contributed by atoms with Crippen LogP contribution in [0.2, 0.25) is 0 Å². The number of hydrogen-bond acceptors (Lipinski definition) is 2. The van der Waals surface area contributed by atoms with Gasteiger partial charge in [-0.25, -0.2) is 0 Å². The van der Waals surface area contributed by atoms with Gasteiger partial charge in [-0.3, -0.25) is 0 Å². The lowest BCUT2D eigenvalue weighted by molar-refractivity contribution is -0.137. The van der Waals surface area contributed by atoms with Gasteiger partial charge in [-0.05, 0) is 31.0 Å². The van der Waals surface area contributed by atoms with E-state index in [0.29, 0.717) is 18.7 Å². The van der Waals surface area contributed by atoms with Crippen molar-refractivity contribution in [3.8, 4) is 18.4 Å². The number of terminal acetylenes is 1. The average Bonchev–Trinajstić information content (AvgIpc) is 2.37. The van der Waals surface area contributed by atoms with Gasteiger partial charge in [0.1, 0.15) is 0 Å². The highest BCUT2D eigenvalue weighted by Crippen LogP contribution is 2.33. The van der Waals surface area contributed by atoms with Crippen LogP contribution in [0.3, 0.4) is 0 Å². The van der Waals surface area contributed by atoms with Gasteiger partial charge >= 0.3 is 6.18 Å². The topological polar surface area (TPSA) is 35.8 Å². The first-order valence-corrected chi connectivity index (χ1v) is 5.77. The fraction of sp³-hybridized carbons (Fsp3) is 0.357. The Morgan fingerprint density at radius 1 is 1.26 bits per heavy atom. The van der Waals surface area contributed by atoms with Crippen LogP contribution in [0.1, 0.15) is 30.4 Å². The highest BCUT2D eigenvalue weighted by molar-refractivity contribution is 5.53. The summed E-state index contributed by atoms with van der Waals surface area (Å²) in [6, 6.07) is 5.14. The second kappa shape index (κ2) is 6.70. The number of anilines is 1. The van der Waals surface area contributed by atoms with Crippen molar-refractivity contribution in [3.05, 3.63) is 29.3 Å². The van der Waals surface area contributed by atoms with Crippen molar-refractivity contribution < 1.29 is 13.2 Å². The van der Waals surface area contributed by atoms with Crippen LogP contribution in [0.5, 0.6) is 0 Å². The first-order chi connectivity index (χ1) is 8.99. The molecule has 19 heavy (non-hydrogen) atoms. The molecule has 0 unspecified atom stereocenters. The number of halogens is 3. The van der Waals surface area contributed by atoms with Crippen LogP contribution in [0.4, 0.5) is 18.9 Å². The maximum absolute atomic E-state index is 12.7. The summed E-state index contributed by atoms with van der Waals surface area (Å²) in [6.45, 7) is 0.547. The van der Waals surface area contributed by atoms with E-state index in [9.17, 15) is 13.2 Å². The molecule has 2 nitrogen and oxygen atoms in total. The Morgan fingerprint density at radius 3 is 2.58 bits per heavy atom. The Kier molecular flexibility index (Phi) is 5.26. The SMILES string of the molecule is C#CCCCCNc1ccc(C#N)c(C(F)(F)F)c1. The highest BCUT2D eigenvalue weighted by atomic mass is 19.4. The van der Waals surface area contributed by atoms with Crippen molar-refractivity contribution in [1.29, 1.82) is 5.26 Å². The van der Waals surface area contributed by atoms with Crippen molar-refractivity contribution in [1.82, 2.24) is 0 Å². The largest absolute Gasteiger partial charge is 0.417 e. The minimum Gasteiger partial charge on any atom is -0.385 e. The quantitative estimate of drug-likeness (QED) is 0.650. The Morgan fingerprint density at radius 2 is 2.00 bits per heavy atom. The van der Waals surface area contributed by atoms with Crippen LogP contribution >= 0.6 is 0 Å². The average molecular weight is 266 g/mol. The summed E-state index contributed by atoms with van der Waals surface area (Å²) in [6.07, 6.45) is 2.84. The van der Waals surface area contributed by atoms with E-state index in [2.05, 4.69) is 11.2 Å². The van der Waals surface area contributed by atoms with Crippen molar-refractivity contribution in [2.75, 3.05) is 11.9 Å². The number of rotatable bonds is 5. The highest BCUT2D eigenvalue weighted by Gasteiger charge is 2.33. The van der Waals surface area contributed by atoms with Crippen molar-refractivity contribution in [3.63, 3.8) is 0 Å². The summed E-state index contributed by atoms with van der Waals surface area (Å²) in [4.78, 5) is 0. The van der Waals surface area contributed by atoms with E-state index < -0.39 is 11.7 Å². The molecular weight excluding hydrogens is 253 g/mol. The number of alkyl halides is 3. The fourth-order valence-electron chi connectivity index (χ4n) is 1.57. The summed E-state index contributed by atoms with van der Waals surface area (Å²) in [5.41, 5.74) is -0.930. The zero-order valence-electron chi connectivity index (χ0n) is 10.2. The van der Waals surface area contributed by atoms with Crippen LogP contribution in [0.15, 0.2) is 18.2 Å².